The predicted molar refractivity (Wildman–Crippen MR) is 117 cm³/mol. The van der Waals surface area contributed by atoms with E-state index < -0.39 is 0 Å². The molecule has 0 aliphatic carbocycles. The highest BCUT2D eigenvalue weighted by Gasteiger charge is 2.23. The minimum absolute atomic E-state index is 0.0182. The molecule has 1 amide bonds. The number of aromatic nitrogens is 1. The molecule has 2 aromatic heterocycles. The van der Waals surface area contributed by atoms with Gasteiger partial charge < -0.3 is 14.3 Å². The van der Waals surface area contributed by atoms with Crippen molar-refractivity contribution in [3.63, 3.8) is 0 Å². The maximum atomic E-state index is 13.2. The summed E-state index contributed by atoms with van der Waals surface area (Å²) >= 11 is 0. The van der Waals surface area contributed by atoms with Crippen LogP contribution in [0, 0.1) is 12.8 Å². The van der Waals surface area contributed by atoms with Crippen LogP contribution in [0.25, 0.3) is 10.9 Å². The van der Waals surface area contributed by atoms with Crippen LogP contribution >= 0.6 is 0 Å². The van der Waals surface area contributed by atoms with Gasteiger partial charge in [-0.15, -0.1) is 0 Å². The van der Waals surface area contributed by atoms with Crippen molar-refractivity contribution in [3.05, 3.63) is 69.9 Å². The van der Waals surface area contributed by atoms with E-state index in [9.17, 15) is 9.59 Å². The second-order valence-corrected chi connectivity index (χ2v) is 8.50. The minimum Gasteiger partial charge on any atom is -0.467 e. The number of rotatable bonds is 6. The van der Waals surface area contributed by atoms with Crippen molar-refractivity contribution in [2.45, 2.75) is 39.8 Å². The van der Waals surface area contributed by atoms with Gasteiger partial charge in [0.1, 0.15) is 5.76 Å². The van der Waals surface area contributed by atoms with E-state index in [2.05, 4.69) is 16.8 Å². The lowest BCUT2D eigenvalue weighted by atomic mass is 9.99. The van der Waals surface area contributed by atoms with Gasteiger partial charge in [0.25, 0.3) is 5.56 Å². The topological polar surface area (TPSA) is 69.5 Å². The van der Waals surface area contributed by atoms with Crippen LogP contribution in [0.5, 0.6) is 0 Å². The lowest BCUT2D eigenvalue weighted by Gasteiger charge is -2.31. The number of likely N-dealkylation sites (tertiary alicyclic amines) is 1. The van der Waals surface area contributed by atoms with Gasteiger partial charge in [0.2, 0.25) is 5.91 Å². The van der Waals surface area contributed by atoms with Crippen molar-refractivity contribution in [2.75, 3.05) is 19.6 Å². The van der Waals surface area contributed by atoms with E-state index in [-0.39, 0.29) is 18.0 Å². The number of hydrogen-bond donors (Lipinski definition) is 1. The molecule has 0 bridgehead atoms. The molecule has 1 fully saturated rings. The van der Waals surface area contributed by atoms with Gasteiger partial charge in [-0.3, -0.25) is 14.5 Å². The van der Waals surface area contributed by atoms with Gasteiger partial charge in [-0.25, -0.2) is 0 Å². The average molecular weight is 408 g/mol. The van der Waals surface area contributed by atoms with Gasteiger partial charge in [-0.2, -0.15) is 0 Å². The van der Waals surface area contributed by atoms with E-state index >= 15 is 0 Å². The molecule has 0 unspecified atom stereocenters. The molecule has 6 nitrogen and oxygen atoms in total. The standard InChI is InChI=1S/C24H29N3O3/c1-17-7-9-26(10-8-17)16-23(28)27(15-21-4-3-11-30-21)14-20-13-19-12-18(2)5-6-22(19)25-24(20)29/h3-6,11-13,17H,7-10,14-16H2,1-2H3,(H,25,29). The zero-order chi connectivity index (χ0) is 21.1. The molecule has 0 atom stereocenters. The molecule has 0 spiro atoms. The molecule has 30 heavy (non-hydrogen) atoms. The van der Waals surface area contributed by atoms with Crippen molar-refractivity contribution in [2.24, 2.45) is 5.92 Å². The maximum absolute atomic E-state index is 13.2. The molecule has 3 heterocycles. The third kappa shape index (κ3) is 4.82. The molecule has 4 rings (SSSR count). The summed E-state index contributed by atoms with van der Waals surface area (Å²) in [5.41, 5.74) is 2.36. The smallest absolute Gasteiger partial charge is 0.253 e. The molecule has 0 saturated carbocycles. The highest BCUT2D eigenvalue weighted by atomic mass is 16.3. The first-order valence-corrected chi connectivity index (χ1v) is 10.6. The summed E-state index contributed by atoms with van der Waals surface area (Å²) in [6, 6.07) is 11.5. The second-order valence-electron chi connectivity index (χ2n) is 8.50. The van der Waals surface area contributed by atoms with Crippen molar-refractivity contribution in [3.8, 4) is 0 Å². The van der Waals surface area contributed by atoms with Gasteiger partial charge in [0, 0.05) is 11.1 Å². The molecule has 1 N–H and O–H groups in total. The molecule has 6 heteroatoms. The predicted octanol–water partition coefficient (Wildman–Crippen LogP) is 3.69. The number of amides is 1. The number of carbonyl (C=O) groups excluding carboxylic acids is 1. The number of H-pyrrole nitrogens is 1. The third-order valence-electron chi connectivity index (χ3n) is 5.95. The fraction of sp³-hybridized carbons (Fsp3) is 0.417. The first-order chi connectivity index (χ1) is 14.5. The van der Waals surface area contributed by atoms with E-state index in [1.165, 1.54) is 0 Å². The van der Waals surface area contributed by atoms with Crippen LogP contribution in [0.1, 0.15) is 36.7 Å². The highest BCUT2D eigenvalue weighted by molar-refractivity contribution is 5.80. The first kappa shape index (κ1) is 20.4. The SMILES string of the molecule is Cc1ccc2[nH]c(=O)c(CN(Cc3ccco3)C(=O)CN3CCC(C)CC3)cc2c1. The molecular weight excluding hydrogens is 378 g/mol. The van der Waals surface area contributed by atoms with Crippen molar-refractivity contribution >= 4 is 16.8 Å². The summed E-state index contributed by atoms with van der Waals surface area (Å²) in [6.07, 6.45) is 3.85. The largest absolute Gasteiger partial charge is 0.467 e. The number of hydrogen-bond acceptors (Lipinski definition) is 4. The van der Waals surface area contributed by atoms with Crippen LogP contribution < -0.4 is 5.56 Å². The summed E-state index contributed by atoms with van der Waals surface area (Å²) in [6.45, 7) is 7.14. The van der Waals surface area contributed by atoms with Crippen LogP contribution in [-0.4, -0.2) is 40.3 Å². The van der Waals surface area contributed by atoms with Crippen LogP contribution in [0.15, 0.2) is 51.9 Å². The summed E-state index contributed by atoms with van der Waals surface area (Å²) in [7, 11) is 0. The molecule has 1 saturated heterocycles. The molecule has 1 aromatic carbocycles. The van der Waals surface area contributed by atoms with Crippen molar-refractivity contribution in [1.29, 1.82) is 0 Å². The molecule has 0 radical (unpaired) electrons. The lowest BCUT2D eigenvalue weighted by molar-refractivity contribution is -0.134. The Morgan fingerprint density at radius 3 is 2.73 bits per heavy atom. The monoisotopic (exact) mass is 407 g/mol. The highest BCUT2D eigenvalue weighted by Crippen LogP contribution is 2.18. The van der Waals surface area contributed by atoms with Gasteiger partial charge in [-0.05, 0) is 74.5 Å². The van der Waals surface area contributed by atoms with E-state index in [4.69, 9.17) is 4.42 Å². The quantitative estimate of drug-likeness (QED) is 0.677. The van der Waals surface area contributed by atoms with E-state index in [0.29, 0.717) is 24.4 Å². The number of nitrogens with one attached hydrogen (secondary N) is 1. The normalized spacial score (nSPS) is 15.5. The Hall–Kier alpha value is -2.86. The minimum atomic E-state index is -0.157. The van der Waals surface area contributed by atoms with Crippen LogP contribution in [0.2, 0.25) is 0 Å². The number of piperidine rings is 1. The first-order valence-electron chi connectivity index (χ1n) is 10.6. The molecule has 3 aromatic rings. The average Bonchev–Trinajstić information content (AvgIpc) is 3.23. The number of carbonyl (C=O) groups is 1. The van der Waals surface area contributed by atoms with Crippen molar-refractivity contribution in [1.82, 2.24) is 14.8 Å². The maximum Gasteiger partial charge on any atom is 0.253 e. The Kier molecular flexibility index (Phi) is 6.04. The fourth-order valence-electron chi connectivity index (χ4n) is 4.03. The number of aromatic amines is 1. The Balaban J connectivity index is 1.56. The molecule has 1 aliphatic rings. The molecule has 1 aliphatic heterocycles. The fourth-order valence-corrected chi connectivity index (χ4v) is 4.03. The zero-order valence-electron chi connectivity index (χ0n) is 17.7. The van der Waals surface area contributed by atoms with Gasteiger partial charge in [0.05, 0.1) is 25.9 Å². The third-order valence-corrected chi connectivity index (χ3v) is 5.95. The van der Waals surface area contributed by atoms with Gasteiger partial charge in [-0.1, -0.05) is 18.6 Å². The van der Waals surface area contributed by atoms with E-state index in [1.807, 2.05) is 43.3 Å². The number of furan rings is 1. The lowest BCUT2D eigenvalue weighted by Crippen LogP contribution is -2.43. The summed E-state index contributed by atoms with van der Waals surface area (Å²) in [5, 5.41) is 0.972. The van der Waals surface area contributed by atoms with Gasteiger partial charge in [0.15, 0.2) is 0 Å². The summed E-state index contributed by atoms with van der Waals surface area (Å²) in [4.78, 5) is 32.7. The van der Waals surface area contributed by atoms with E-state index in [0.717, 1.165) is 48.3 Å². The Morgan fingerprint density at radius 1 is 1.20 bits per heavy atom. The Morgan fingerprint density at radius 2 is 2.00 bits per heavy atom. The number of nitrogens with zero attached hydrogens (tertiary/aromatic N) is 2. The number of fused-ring (bicyclic) bond motifs is 1. The van der Waals surface area contributed by atoms with Gasteiger partial charge >= 0.3 is 0 Å². The zero-order valence-corrected chi connectivity index (χ0v) is 17.7. The van der Waals surface area contributed by atoms with Crippen LogP contribution in [0.4, 0.5) is 0 Å². The van der Waals surface area contributed by atoms with Crippen LogP contribution in [0.3, 0.4) is 0 Å². The Bertz CT molecular complexity index is 1060. The molecular formula is C24H29N3O3. The summed E-state index contributed by atoms with van der Waals surface area (Å²) < 4.78 is 5.48. The molecule has 158 valence electrons. The number of aryl methyl sites for hydroxylation is 1. The Labute approximate surface area is 176 Å². The number of pyridine rings is 1. The summed E-state index contributed by atoms with van der Waals surface area (Å²) in [5.74, 6) is 1.45. The second kappa shape index (κ2) is 8.88. The van der Waals surface area contributed by atoms with Crippen molar-refractivity contribution < 1.29 is 9.21 Å². The number of benzene rings is 1. The van der Waals surface area contributed by atoms with E-state index in [1.54, 1.807) is 11.2 Å². The van der Waals surface area contributed by atoms with Crippen LogP contribution in [-0.2, 0) is 17.9 Å².